The van der Waals surface area contributed by atoms with E-state index in [0.717, 1.165) is 12.1 Å². The SMILES string of the molecule is CCc1nc(Cn2cc(C(N)C(C)C)nn2)no1. The third kappa shape index (κ3) is 2.73. The number of rotatable bonds is 5. The summed E-state index contributed by atoms with van der Waals surface area (Å²) in [7, 11) is 0. The van der Waals surface area contributed by atoms with E-state index < -0.39 is 0 Å². The molecule has 0 aliphatic heterocycles. The Kier molecular flexibility index (Phi) is 3.71. The standard InChI is InChI=1S/C11H18N6O/c1-4-10-13-9(15-18-10)6-17-5-8(14-16-17)11(12)7(2)3/h5,7,11H,4,6,12H2,1-3H3. The highest BCUT2D eigenvalue weighted by Gasteiger charge is 2.15. The molecular weight excluding hydrogens is 232 g/mol. The molecule has 2 N–H and O–H groups in total. The van der Waals surface area contributed by atoms with Gasteiger partial charge in [0.15, 0.2) is 5.82 Å². The molecule has 0 amide bonds. The third-order valence-corrected chi connectivity index (χ3v) is 2.73. The van der Waals surface area contributed by atoms with Gasteiger partial charge in [-0.1, -0.05) is 31.1 Å². The van der Waals surface area contributed by atoms with Gasteiger partial charge in [-0.25, -0.2) is 4.68 Å². The number of aromatic nitrogens is 5. The van der Waals surface area contributed by atoms with Crippen LogP contribution in [0.5, 0.6) is 0 Å². The Morgan fingerprint density at radius 2 is 2.22 bits per heavy atom. The topological polar surface area (TPSA) is 95.7 Å². The van der Waals surface area contributed by atoms with Crippen LogP contribution in [0.1, 0.15) is 44.2 Å². The van der Waals surface area contributed by atoms with Crippen molar-refractivity contribution < 1.29 is 4.52 Å². The number of aryl methyl sites for hydroxylation is 1. The Balaban J connectivity index is 2.06. The molecule has 2 aromatic rings. The summed E-state index contributed by atoms with van der Waals surface area (Å²) >= 11 is 0. The van der Waals surface area contributed by atoms with Crippen molar-refractivity contribution in [2.45, 2.75) is 39.8 Å². The predicted molar refractivity (Wildman–Crippen MR) is 64.6 cm³/mol. The fourth-order valence-corrected chi connectivity index (χ4v) is 1.53. The lowest BCUT2D eigenvalue weighted by Crippen LogP contribution is -2.17. The number of nitrogens with two attached hydrogens (primary N) is 1. The average Bonchev–Trinajstić information content (AvgIpc) is 2.97. The van der Waals surface area contributed by atoms with Crippen molar-refractivity contribution in [1.29, 1.82) is 0 Å². The second-order valence-electron chi connectivity index (χ2n) is 4.57. The van der Waals surface area contributed by atoms with E-state index in [1.54, 1.807) is 4.68 Å². The monoisotopic (exact) mass is 250 g/mol. The van der Waals surface area contributed by atoms with Crippen LogP contribution >= 0.6 is 0 Å². The van der Waals surface area contributed by atoms with E-state index in [2.05, 4.69) is 34.3 Å². The second kappa shape index (κ2) is 5.26. The Morgan fingerprint density at radius 3 is 2.83 bits per heavy atom. The minimum absolute atomic E-state index is 0.102. The number of nitrogens with zero attached hydrogens (tertiary/aromatic N) is 5. The summed E-state index contributed by atoms with van der Waals surface area (Å²) in [5.74, 6) is 1.55. The normalized spacial score (nSPS) is 13.2. The first-order valence-electron chi connectivity index (χ1n) is 6.07. The van der Waals surface area contributed by atoms with E-state index in [1.807, 2.05) is 13.1 Å². The van der Waals surface area contributed by atoms with Crippen molar-refractivity contribution in [3.8, 4) is 0 Å². The Morgan fingerprint density at radius 1 is 1.44 bits per heavy atom. The lowest BCUT2D eigenvalue weighted by molar-refractivity contribution is 0.374. The maximum atomic E-state index is 6.00. The van der Waals surface area contributed by atoms with Gasteiger partial charge in [0.2, 0.25) is 5.89 Å². The first-order valence-corrected chi connectivity index (χ1v) is 6.07. The molecule has 0 aliphatic carbocycles. The van der Waals surface area contributed by atoms with Crippen LogP contribution in [0.2, 0.25) is 0 Å². The van der Waals surface area contributed by atoms with Crippen molar-refractivity contribution in [2.75, 3.05) is 0 Å². The minimum Gasteiger partial charge on any atom is -0.339 e. The van der Waals surface area contributed by atoms with Gasteiger partial charge in [0.25, 0.3) is 0 Å². The van der Waals surface area contributed by atoms with Gasteiger partial charge in [-0.15, -0.1) is 5.10 Å². The van der Waals surface area contributed by atoms with Gasteiger partial charge in [-0.3, -0.25) is 0 Å². The molecule has 0 saturated heterocycles. The summed E-state index contributed by atoms with van der Waals surface area (Å²) < 4.78 is 6.70. The molecule has 18 heavy (non-hydrogen) atoms. The molecule has 0 radical (unpaired) electrons. The molecule has 0 aromatic carbocycles. The van der Waals surface area contributed by atoms with Crippen molar-refractivity contribution in [3.63, 3.8) is 0 Å². The van der Waals surface area contributed by atoms with E-state index in [1.165, 1.54) is 0 Å². The van der Waals surface area contributed by atoms with Crippen LogP contribution in [0, 0.1) is 5.92 Å². The molecule has 1 unspecified atom stereocenters. The molecule has 2 rings (SSSR count). The van der Waals surface area contributed by atoms with E-state index >= 15 is 0 Å². The minimum atomic E-state index is -0.102. The maximum Gasteiger partial charge on any atom is 0.226 e. The average molecular weight is 250 g/mol. The summed E-state index contributed by atoms with van der Waals surface area (Å²) in [4.78, 5) is 4.22. The van der Waals surface area contributed by atoms with Gasteiger partial charge in [0.05, 0.1) is 17.9 Å². The summed E-state index contributed by atoms with van der Waals surface area (Å²) in [5, 5.41) is 11.9. The van der Waals surface area contributed by atoms with Crippen LogP contribution in [-0.4, -0.2) is 25.1 Å². The van der Waals surface area contributed by atoms with E-state index in [9.17, 15) is 0 Å². The largest absolute Gasteiger partial charge is 0.339 e. The summed E-state index contributed by atoms with van der Waals surface area (Å²) in [6.07, 6.45) is 2.56. The van der Waals surface area contributed by atoms with Crippen molar-refractivity contribution >= 4 is 0 Å². The number of hydrogen-bond donors (Lipinski definition) is 1. The van der Waals surface area contributed by atoms with Crippen LogP contribution < -0.4 is 5.73 Å². The fourth-order valence-electron chi connectivity index (χ4n) is 1.53. The van der Waals surface area contributed by atoms with Crippen molar-refractivity contribution in [3.05, 3.63) is 23.6 Å². The molecule has 7 nitrogen and oxygen atoms in total. The van der Waals surface area contributed by atoms with Gasteiger partial charge >= 0.3 is 0 Å². The zero-order chi connectivity index (χ0) is 13.1. The Labute approximate surface area is 105 Å². The van der Waals surface area contributed by atoms with Crippen LogP contribution in [0.15, 0.2) is 10.7 Å². The molecule has 98 valence electrons. The molecule has 0 aliphatic rings. The molecule has 7 heteroatoms. The van der Waals surface area contributed by atoms with Crippen LogP contribution in [0.25, 0.3) is 0 Å². The second-order valence-corrected chi connectivity index (χ2v) is 4.57. The highest BCUT2D eigenvalue weighted by atomic mass is 16.5. The molecule has 1 atom stereocenters. The Hall–Kier alpha value is -1.76. The highest BCUT2D eigenvalue weighted by molar-refractivity contribution is 5.01. The van der Waals surface area contributed by atoms with Gasteiger partial charge < -0.3 is 10.3 Å². The van der Waals surface area contributed by atoms with Crippen LogP contribution in [0.4, 0.5) is 0 Å². The molecular formula is C11H18N6O. The molecule has 2 heterocycles. The van der Waals surface area contributed by atoms with Gasteiger partial charge in [-0.05, 0) is 5.92 Å². The summed E-state index contributed by atoms with van der Waals surface area (Å²) in [5.41, 5.74) is 6.79. The van der Waals surface area contributed by atoms with Crippen LogP contribution in [0.3, 0.4) is 0 Å². The predicted octanol–water partition coefficient (Wildman–Crippen LogP) is 0.928. The molecule has 0 spiro atoms. The first kappa shape index (κ1) is 12.7. The van der Waals surface area contributed by atoms with E-state index in [4.69, 9.17) is 10.3 Å². The highest BCUT2D eigenvalue weighted by Crippen LogP contribution is 2.15. The van der Waals surface area contributed by atoms with E-state index in [0.29, 0.717) is 24.2 Å². The van der Waals surface area contributed by atoms with E-state index in [-0.39, 0.29) is 6.04 Å². The molecule has 0 saturated carbocycles. The zero-order valence-electron chi connectivity index (χ0n) is 10.9. The lowest BCUT2D eigenvalue weighted by atomic mass is 10.0. The number of hydrogen-bond acceptors (Lipinski definition) is 6. The van der Waals surface area contributed by atoms with Crippen LogP contribution in [-0.2, 0) is 13.0 Å². The molecule has 0 fully saturated rings. The van der Waals surface area contributed by atoms with Gasteiger partial charge in [-0.2, -0.15) is 4.98 Å². The Bertz CT molecular complexity index is 503. The summed E-state index contributed by atoms with van der Waals surface area (Å²) in [6, 6.07) is -0.102. The smallest absolute Gasteiger partial charge is 0.226 e. The van der Waals surface area contributed by atoms with Gasteiger partial charge in [0, 0.05) is 6.42 Å². The molecule has 0 bridgehead atoms. The maximum absolute atomic E-state index is 6.00. The fraction of sp³-hybridized carbons (Fsp3) is 0.636. The third-order valence-electron chi connectivity index (χ3n) is 2.73. The van der Waals surface area contributed by atoms with Gasteiger partial charge in [0.1, 0.15) is 6.54 Å². The molecule has 2 aromatic heterocycles. The zero-order valence-corrected chi connectivity index (χ0v) is 10.9. The van der Waals surface area contributed by atoms with Crippen molar-refractivity contribution in [2.24, 2.45) is 11.7 Å². The lowest BCUT2D eigenvalue weighted by Gasteiger charge is -2.10. The van der Waals surface area contributed by atoms with Crippen molar-refractivity contribution in [1.82, 2.24) is 25.1 Å². The summed E-state index contributed by atoms with van der Waals surface area (Å²) in [6.45, 7) is 6.51. The first-order chi connectivity index (χ1) is 8.60. The quantitative estimate of drug-likeness (QED) is 0.848.